The third-order valence-corrected chi connectivity index (χ3v) is 4.73. The Morgan fingerprint density at radius 1 is 1.06 bits per heavy atom. The standard InChI is InChI=1S/C22H31N3O6/c1-21(2,3)31-20(29)25-13-9-12-16(25)18(27)23-15-11-8-7-10-14(15)17(26)24-22(4,5)19(28)30-6/h7-8,10-11,16H,9,12-13H2,1-6H3,(H,23,27)(H,24,26)/t16-/m0/s1. The Bertz CT molecular complexity index is 859. The Morgan fingerprint density at radius 2 is 1.71 bits per heavy atom. The second kappa shape index (κ2) is 9.36. The summed E-state index contributed by atoms with van der Waals surface area (Å²) in [5, 5.41) is 5.35. The van der Waals surface area contributed by atoms with Gasteiger partial charge in [-0.25, -0.2) is 9.59 Å². The highest BCUT2D eigenvalue weighted by Gasteiger charge is 2.37. The van der Waals surface area contributed by atoms with Gasteiger partial charge in [-0.15, -0.1) is 0 Å². The molecule has 1 aliphatic rings. The van der Waals surface area contributed by atoms with Gasteiger partial charge in [0.05, 0.1) is 18.4 Å². The van der Waals surface area contributed by atoms with Crippen molar-refractivity contribution in [1.82, 2.24) is 10.2 Å². The topological polar surface area (TPSA) is 114 Å². The lowest BCUT2D eigenvalue weighted by Gasteiger charge is -2.28. The molecule has 0 unspecified atom stereocenters. The number of benzene rings is 1. The maximum absolute atomic E-state index is 12.9. The van der Waals surface area contributed by atoms with Crippen LogP contribution >= 0.6 is 0 Å². The molecule has 1 fully saturated rings. The number of rotatable bonds is 5. The molecular formula is C22H31N3O6. The van der Waals surface area contributed by atoms with Gasteiger partial charge < -0.3 is 20.1 Å². The van der Waals surface area contributed by atoms with E-state index in [4.69, 9.17) is 9.47 Å². The Morgan fingerprint density at radius 3 is 2.32 bits per heavy atom. The van der Waals surface area contributed by atoms with Gasteiger partial charge in [-0.05, 0) is 59.6 Å². The summed E-state index contributed by atoms with van der Waals surface area (Å²) in [6, 6.07) is 5.76. The molecule has 170 valence electrons. The third-order valence-electron chi connectivity index (χ3n) is 4.73. The summed E-state index contributed by atoms with van der Waals surface area (Å²) in [6.07, 6.45) is 0.623. The van der Waals surface area contributed by atoms with Crippen molar-refractivity contribution < 1.29 is 28.7 Å². The van der Waals surface area contributed by atoms with Crippen molar-refractivity contribution in [1.29, 1.82) is 0 Å². The molecule has 0 aromatic heterocycles. The van der Waals surface area contributed by atoms with Gasteiger partial charge in [0.1, 0.15) is 17.2 Å². The summed E-state index contributed by atoms with van der Waals surface area (Å²) in [5.74, 6) is -1.54. The first-order chi connectivity index (χ1) is 14.4. The molecule has 1 aromatic carbocycles. The number of hydrogen-bond donors (Lipinski definition) is 2. The number of amides is 3. The van der Waals surface area contributed by atoms with Gasteiger partial charge in [-0.2, -0.15) is 0 Å². The number of carbonyl (C=O) groups is 4. The molecule has 1 heterocycles. The van der Waals surface area contributed by atoms with Gasteiger partial charge in [0.25, 0.3) is 5.91 Å². The van der Waals surface area contributed by atoms with E-state index in [1.54, 1.807) is 45.0 Å². The van der Waals surface area contributed by atoms with E-state index in [1.807, 2.05) is 0 Å². The van der Waals surface area contributed by atoms with Crippen LogP contribution in [-0.2, 0) is 19.1 Å². The predicted molar refractivity (Wildman–Crippen MR) is 115 cm³/mol. The van der Waals surface area contributed by atoms with E-state index in [-0.39, 0.29) is 11.3 Å². The summed E-state index contributed by atoms with van der Waals surface area (Å²) in [5.41, 5.74) is -1.45. The van der Waals surface area contributed by atoms with Gasteiger partial charge in [0.2, 0.25) is 5.91 Å². The second-order valence-electron chi connectivity index (χ2n) is 8.94. The van der Waals surface area contributed by atoms with Crippen LogP contribution in [0.2, 0.25) is 0 Å². The molecule has 0 spiro atoms. The zero-order chi connectivity index (χ0) is 23.4. The lowest BCUT2D eigenvalue weighted by molar-refractivity contribution is -0.146. The van der Waals surface area contributed by atoms with Crippen LogP contribution < -0.4 is 10.6 Å². The van der Waals surface area contributed by atoms with Crippen LogP contribution in [0.3, 0.4) is 0 Å². The fourth-order valence-corrected chi connectivity index (χ4v) is 3.24. The number of nitrogens with zero attached hydrogens (tertiary/aromatic N) is 1. The molecule has 1 saturated heterocycles. The van der Waals surface area contributed by atoms with E-state index < -0.39 is 41.1 Å². The molecule has 9 heteroatoms. The lowest BCUT2D eigenvalue weighted by Crippen LogP contribution is -2.50. The Hall–Kier alpha value is -3.10. The average Bonchev–Trinajstić information content (AvgIpc) is 3.16. The largest absolute Gasteiger partial charge is 0.467 e. The summed E-state index contributed by atoms with van der Waals surface area (Å²) in [7, 11) is 1.24. The molecule has 0 aliphatic carbocycles. The number of anilines is 1. The van der Waals surface area contributed by atoms with E-state index in [0.29, 0.717) is 19.4 Å². The van der Waals surface area contributed by atoms with E-state index in [9.17, 15) is 19.2 Å². The Labute approximate surface area is 182 Å². The monoisotopic (exact) mass is 433 g/mol. The number of likely N-dealkylation sites (tertiary alicyclic amines) is 1. The first-order valence-electron chi connectivity index (χ1n) is 10.2. The van der Waals surface area contributed by atoms with Crippen LogP contribution in [0.15, 0.2) is 24.3 Å². The van der Waals surface area contributed by atoms with Crippen LogP contribution in [0.1, 0.15) is 57.8 Å². The van der Waals surface area contributed by atoms with Gasteiger partial charge in [0.15, 0.2) is 0 Å². The molecule has 0 bridgehead atoms. The SMILES string of the molecule is COC(=O)C(C)(C)NC(=O)c1ccccc1NC(=O)[C@@H]1CCCN1C(=O)OC(C)(C)C. The van der Waals surface area contributed by atoms with E-state index in [1.165, 1.54) is 25.9 Å². The Balaban J connectivity index is 2.16. The first kappa shape index (κ1) is 24.2. The predicted octanol–water partition coefficient (Wildman–Crippen LogP) is 2.71. The molecule has 0 saturated carbocycles. The summed E-state index contributed by atoms with van der Waals surface area (Å²) >= 11 is 0. The number of esters is 1. The fourth-order valence-electron chi connectivity index (χ4n) is 3.24. The fraction of sp³-hybridized carbons (Fsp3) is 0.545. The molecule has 1 aliphatic heterocycles. The minimum atomic E-state index is -1.25. The zero-order valence-electron chi connectivity index (χ0n) is 18.9. The summed E-state index contributed by atoms with van der Waals surface area (Å²) in [4.78, 5) is 51.5. The Kier molecular flexibility index (Phi) is 7.30. The number of nitrogens with one attached hydrogen (secondary N) is 2. The number of methoxy groups -OCH3 is 1. The van der Waals surface area contributed by atoms with Crippen LogP contribution in [0.5, 0.6) is 0 Å². The van der Waals surface area contributed by atoms with Crippen molar-refractivity contribution in [2.24, 2.45) is 0 Å². The first-order valence-corrected chi connectivity index (χ1v) is 10.2. The molecule has 2 N–H and O–H groups in total. The molecular weight excluding hydrogens is 402 g/mol. The quantitative estimate of drug-likeness (QED) is 0.690. The highest BCUT2D eigenvalue weighted by molar-refractivity contribution is 6.06. The van der Waals surface area contributed by atoms with Crippen molar-refractivity contribution >= 4 is 29.6 Å². The second-order valence-corrected chi connectivity index (χ2v) is 8.94. The molecule has 31 heavy (non-hydrogen) atoms. The zero-order valence-corrected chi connectivity index (χ0v) is 18.9. The number of ether oxygens (including phenoxy) is 2. The molecule has 1 atom stereocenters. The summed E-state index contributed by atoms with van der Waals surface area (Å²) < 4.78 is 10.1. The van der Waals surface area contributed by atoms with Gasteiger partial charge >= 0.3 is 12.1 Å². The van der Waals surface area contributed by atoms with Gasteiger partial charge in [-0.3, -0.25) is 14.5 Å². The minimum Gasteiger partial charge on any atom is -0.467 e. The number of para-hydroxylation sites is 1. The van der Waals surface area contributed by atoms with E-state index in [2.05, 4.69) is 10.6 Å². The molecule has 9 nitrogen and oxygen atoms in total. The van der Waals surface area contributed by atoms with Crippen LogP contribution in [0, 0.1) is 0 Å². The smallest absolute Gasteiger partial charge is 0.410 e. The normalized spacial score (nSPS) is 16.5. The highest BCUT2D eigenvalue weighted by Crippen LogP contribution is 2.24. The van der Waals surface area contributed by atoms with Crippen LogP contribution in [0.4, 0.5) is 10.5 Å². The van der Waals surface area contributed by atoms with Crippen LogP contribution in [0.25, 0.3) is 0 Å². The van der Waals surface area contributed by atoms with E-state index in [0.717, 1.165) is 0 Å². The highest BCUT2D eigenvalue weighted by atomic mass is 16.6. The molecule has 0 radical (unpaired) electrons. The minimum absolute atomic E-state index is 0.189. The molecule has 2 rings (SSSR count). The van der Waals surface area contributed by atoms with Crippen molar-refractivity contribution in [3.05, 3.63) is 29.8 Å². The van der Waals surface area contributed by atoms with Gasteiger partial charge in [-0.1, -0.05) is 12.1 Å². The number of hydrogen-bond acceptors (Lipinski definition) is 6. The van der Waals surface area contributed by atoms with Crippen molar-refractivity contribution in [2.75, 3.05) is 19.0 Å². The average molecular weight is 434 g/mol. The van der Waals surface area contributed by atoms with Crippen LogP contribution in [-0.4, -0.2) is 59.6 Å². The maximum Gasteiger partial charge on any atom is 0.410 e. The van der Waals surface area contributed by atoms with Crippen molar-refractivity contribution in [3.63, 3.8) is 0 Å². The third kappa shape index (κ3) is 6.19. The maximum atomic E-state index is 12.9. The lowest BCUT2D eigenvalue weighted by atomic mass is 10.0. The van der Waals surface area contributed by atoms with Crippen molar-refractivity contribution in [3.8, 4) is 0 Å². The van der Waals surface area contributed by atoms with Crippen molar-refractivity contribution in [2.45, 2.75) is 64.6 Å². The summed E-state index contributed by atoms with van der Waals surface area (Å²) in [6.45, 7) is 8.76. The van der Waals surface area contributed by atoms with E-state index >= 15 is 0 Å². The van der Waals surface area contributed by atoms with Gasteiger partial charge in [0, 0.05) is 6.54 Å². The molecule has 3 amide bonds. The molecule has 1 aromatic rings. The number of carbonyl (C=O) groups excluding carboxylic acids is 4.